The van der Waals surface area contributed by atoms with Gasteiger partial charge in [-0.1, -0.05) is 18.2 Å². The molecule has 1 aromatic carbocycles. The third-order valence-electron chi connectivity index (χ3n) is 4.58. The van der Waals surface area contributed by atoms with E-state index in [1.165, 1.54) is 0 Å². The number of carbonyl (C=O) groups excluding carboxylic acids is 2. The Hall–Kier alpha value is -2.12. The lowest BCUT2D eigenvalue weighted by Gasteiger charge is -2.23. The average molecular weight is 348 g/mol. The maximum atomic E-state index is 12.6. The van der Waals surface area contributed by atoms with E-state index < -0.39 is 0 Å². The number of hydrogen-bond donors (Lipinski definition) is 3. The second-order valence-electron chi connectivity index (χ2n) is 6.32. The molecule has 0 spiro atoms. The number of nitrogens with zero attached hydrogens (tertiary/aromatic N) is 1. The van der Waals surface area contributed by atoms with Crippen molar-refractivity contribution >= 4 is 17.6 Å². The first-order chi connectivity index (χ1) is 12.0. The van der Waals surface area contributed by atoms with Crippen LogP contribution < -0.4 is 16.0 Å². The van der Waals surface area contributed by atoms with E-state index >= 15 is 0 Å². The van der Waals surface area contributed by atoms with Gasteiger partial charge >= 0.3 is 6.03 Å². The number of anilines is 1. The highest BCUT2D eigenvalue weighted by molar-refractivity contribution is 5.95. The van der Waals surface area contributed by atoms with Crippen molar-refractivity contribution in [2.24, 2.45) is 0 Å². The maximum absolute atomic E-state index is 12.6. The number of nitrogens with one attached hydrogen (secondary N) is 3. The van der Waals surface area contributed by atoms with Crippen molar-refractivity contribution in [1.82, 2.24) is 15.5 Å². The molecule has 138 valence electrons. The molecule has 0 bridgehead atoms. The number of aryl methyl sites for hydroxylation is 1. The van der Waals surface area contributed by atoms with Gasteiger partial charge in [-0.25, -0.2) is 4.79 Å². The first kappa shape index (κ1) is 19.2. The molecular formula is C18H28N4O3. The van der Waals surface area contributed by atoms with Crippen molar-refractivity contribution in [2.45, 2.75) is 39.0 Å². The zero-order valence-electron chi connectivity index (χ0n) is 15.3. The highest BCUT2D eigenvalue weighted by Gasteiger charge is 2.37. The molecule has 7 heteroatoms. The van der Waals surface area contributed by atoms with E-state index in [9.17, 15) is 9.59 Å². The first-order valence-corrected chi connectivity index (χ1v) is 8.64. The maximum Gasteiger partial charge on any atom is 0.315 e. The van der Waals surface area contributed by atoms with Crippen LogP contribution >= 0.6 is 0 Å². The highest BCUT2D eigenvalue weighted by Crippen LogP contribution is 2.19. The molecule has 1 aliphatic rings. The van der Waals surface area contributed by atoms with Crippen molar-refractivity contribution in [2.75, 3.05) is 32.1 Å². The minimum absolute atomic E-state index is 0.0668. The number of para-hydroxylation sites is 1. The van der Waals surface area contributed by atoms with Crippen LogP contribution in [0.3, 0.4) is 0 Å². The molecule has 1 heterocycles. The summed E-state index contributed by atoms with van der Waals surface area (Å²) in [6, 6.07) is 7.01. The van der Waals surface area contributed by atoms with E-state index in [1.807, 2.05) is 49.9 Å². The number of amides is 3. The largest absolute Gasteiger partial charge is 0.378 e. The summed E-state index contributed by atoms with van der Waals surface area (Å²) in [5.74, 6) is -0.0668. The summed E-state index contributed by atoms with van der Waals surface area (Å²) >= 11 is 0. The van der Waals surface area contributed by atoms with Crippen molar-refractivity contribution < 1.29 is 14.3 Å². The highest BCUT2D eigenvalue weighted by atomic mass is 16.5. The molecule has 0 unspecified atom stereocenters. The SMILES string of the molecule is CCNC(=O)N[C@@H]1CN([C@@H](C)C(=O)Nc2ccccc2C)C[C@@H]1OC. The van der Waals surface area contributed by atoms with Crippen LogP contribution in [0.1, 0.15) is 19.4 Å². The fourth-order valence-corrected chi connectivity index (χ4v) is 2.99. The molecule has 7 nitrogen and oxygen atoms in total. The Balaban J connectivity index is 1.97. The molecule has 1 fully saturated rings. The standard InChI is InChI=1S/C18H28N4O3/c1-5-19-18(24)21-15-10-22(11-16(15)25-4)13(3)17(23)20-14-9-7-6-8-12(14)2/h6-9,13,15-16H,5,10-11H2,1-4H3,(H,20,23)(H2,19,21,24)/t13-,15+,16-/m0/s1. The topological polar surface area (TPSA) is 82.7 Å². The number of methoxy groups -OCH3 is 1. The van der Waals surface area contributed by atoms with E-state index in [2.05, 4.69) is 16.0 Å². The molecule has 3 N–H and O–H groups in total. The summed E-state index contributed by atoms with van der Waals surface area (Å²) in [5, 5.41) is 8.61. The third kappa shape index (κ3) is 4.93. The Morgan fingerprint density at radius 3 is 2.68 bits per heavy atom. The van der Waals surface area contributed by atoms with Gasteiger partial charge in [-0.05, 0) is 32.4 Å². The second-order valence-corrected chi connectivity index (χ2v) is 6.32. The van der Waals surface area contributed by atoms with Crippen LogP contribution in [0.4, 0.5) is 10.5 Å². The zero-order valence-corrected chi connectivity index (χ0v) is 15.3. The summed E-state index contributed by atoms with van der Waals surface area (Å²) in [6.45, 7) is 7.42. The van der Waals surface area contributed by atoms with Crippen molar-refractivity contribution in [3.05, 3.63) is 29.8 Å². The predicted molar refractivity (Wildman–Crippen MR) is 97.6 cm³/mol. The average Bonchev–Trinajstić information content (AvgIpc) is 2.99. The minimum atomic E-state index is -0.321. The third-order valence-corrected chi connectivity index (χ3v) is 4.58. The van der Waals surface area contributed by atoms with Crippen LogP contribution in [-0.4, -0.2) is 61.8 Å². The van der Waals surface area contributed by atoms with Crippen LogP contribution in [0, 0.1) is 6.92 Å². The smallest absolute Gasteiger partial charge is 0.315 e. The Labute approximate surface area is 149 Å². The lowest BCUT2D eigenvalue weighted by Crippen LogP contribution is -2.48. The Morgan fingerprint density at radius 2 is 2.04 bits per heavy atom. The second kappa shape index (κ2) is 8.82. The molecule has 0 radical (unpaired) electrons. The van der Waals surface area contributed by atoms with Gasteiger partial charge in [0, 0.05) is 32.4 Å². The molecule has 3 amide bonds. The Morgan fingerprint density at radius 1 is 1.32 bits per heavy atom. The molecule has 1 aromatic rings. The van der Waals surface area contributed by atoms with Gasteiger partial charge in [0.1, 0.15) is 0 Å². The van der Waals surface area contributed by atoms with Gasteiger partial charge in [0.25, 0.3) is 0 Å². The molecule has 0 saturated carbocycles. The number of hydrogen-bond acceptors (Lipinski definition) is 4. The fraction of sp³-hybridized carbons (Fsp3) is 0.556. The normalized spacial score (nSPS) is 21.6. The van der Waals surface area contributed by atoms with E-state index in [0.717, 1.165) is 11.3 Å². The molecule has 0 aliphatic carbocycles. The molecule has 1 aliphatic heterocycles. The summed E-state index contributed by atoms with van der Waals surface area (Å²) < 4.78 is 5.48. The lowest BCUT2D eigenvalue weighted by atomic mass is 10.2. The van der Waals surface area contributed by atoms with E-state index in [1.54, 1.807) is 7.11 Å². The lowest BCUT2D eigenvalue weighted by molar-refractivity contribution is -0.120. The van der Waals surface area contributed by atoms with Gasteiger partial charge in [0.2, 0.25) is 5.91 Å². The van der Waals surface area contributed by atoms with Gasteiger partial charge in [-0.2, -0.15) is 0 Å². The van der Waals surface area contributed by atoms with E-state index in [4.69, 9.17) is 4.74 Å². The van der Waals surface area contributed by atoms with Gasteiger partial charge < -0.3 is 20.7 Å². The van der Waals surface area contributed by atoms with Crippen molar-refractivity contribution in [3.63, 3.8) is 0 Å². The summed E-state index contributed by atoms with van der Waals surface area (Å²) in [5.41, 5.74) is 1.84. The zero-order chi connectivity index (χ0) is 18.4. The molecule has 2 rings (SSSR count). The summed E-state index contributed by atoms with van der Waals surface area (Å²) in [6.07, 6.45) is -0.142. The number of carbonyl (C=O) groups is 2. The molecular weight excluding hydrogens is 320 g/mol. The van der Waals surface area contributed by atoms with Gasteiger partial charge in [0.15, 0.2) is 0 Å². The number of urea groups is 1. The van der Waals surface area contributed by atoms with Crippen LogP contribution in [0.15, 0.2) is 24.3 Å². The fourth-order valence-electron chi connectivity index (χ4n) is 2.99. The van der Waals surface area contributed by atoms with Crippen molar-refractivity contribution in [3.8, 4) is 0 Å². The first-order valence-electron chi connectivity index (χ1n) is 8.64. The van der Waals surface area contributed by atoms with E-state index in [0.29, 0.717) is 19.6 Å². The number of rotatable bonds is 6. The number of ether oxygens (including phenoxy) is 1. The minimum Gasteiger partial charge on any atom is -0.378 e. The van der Waals surface area contributed by atoms with Crippen LogP contribution in [0.2, 0.25) is 0 Å². The number of likely N-dealkylation sites (tertiary alicyclic amines) is 1. The van der Waals surface area contributed by atoms with Crippen LogP contribution in [0.5, 0.6) is 0 Å². The predicted octanol–water partition coefficient (Wildman–Crippen LogP) is 1.34. The Bertz CT molecular complexity index is 608. The Kier molecular flexibility index (Phi) is 6.78. The molecule has 1 saturated heterocycles. The molecule has 0 aromatic heterocycles. The van der Waals surface area contributed by atoms with Gasteiger partial charge in [0.05, 0.1) is 18.2 Å². The van der Waals surface area contributed by atoms with Crippen molar-refractivity contribution in [1.29, 1.82) is 0 Å². The summed E-state index contributed by atoms with van der Waals surface area (Å²) in [7, 11) is 1.62. The van der Waals surface area contributed by atoms with Crippen LogP contribution in [0.25, 0.3) is 0 Å². The summed E-state index contributed by atoms with van der Waals surface area (Å²) in [4.78, 5) is 26.4. The molecule has 25 heavy (non-hydrogen) atoms. The van der Waals surface area contributed by atoms with Gasteiger partial charge in [-0.3, -0.25) is 9.69 Å². The quantitative estimate of drug-likeness (QED) is 0.724. The van der Waals surface area contributed by atoms with Crippen LogP contribution in [-0.2, 0) is 9.53 Å². The monoisotopic (exact) mass is 348 g/mol. The van der Waals surface area contributed by atoms with Gasteiger partial charge in [-0.15, -0.1) is 0 Å². The molecule has 3 atom stereocenters. The van der Waals surface area contributed by atoms with E-state index in [-0.39, 0.29) is 30.1 Å². The number of benzene rings is 1.